The average molecular weight is 330 g/mol. The first kappa shape index (κ1) is 16.4. The van der Waals surface area contributed by atoms with Crippen molar-refractivity contribution in [2.75, 3.05) is 6.54 Å². The van der Waals surface area contributed by atoms with Crippen molar-refractivity contribution in [1.82, 2.24) is 10.3 Å². The Bertz CT molecular complexity index is 674. The van der Waals surface area contributed by atoms with Gasteiger partial charge in [-0.2, -0.15) is 0 Å². The molecule has 1 aliphatic heterocycles. The summed E-state index contributed by atoms with van der Waals surface area (Å²) in [6.45, 7) is 4.78. The quantitative estimate of drug-likeness (QED) is 0.912. The highest BCUT2D eigenvalue weighted by atomic mass is 16.5. The Kier molecular flexibility index (Phi) is 5.03. The van der Waals surface area contributed by atoms with E-state index >= 15 is 0 Å². The van der Waals surface area contributed by atoms with Gasteiger partial charge < -0.3 is 19.2 Å². The molecule has 0 saturated carbocycles. The number of hydrogen-bond donors (Lipinski definition) is 1. The third kappa shape index (κ3) is 4.07. The Hall–Kier alpha value is -2.50. The minimum absolute atomic E-state index is 0.0394. The molecule has 6 heteroatoms. The Morgan fingerprint density at radius 2 is 1.96 bits per heavy atom. The van der Waals surface area contributed by atoms with Gasteiger partial charge in [0, 0.05) is 6.54 Å². The molecule has 1 amide bonds. The molecule has 2 heterocycles. The van der Waals surface area contributed by atoms with E-state index in [1.54, 1.807) is 12.1 Å². The number of aromatic nitrogens is 1. The number of hydrogen-bond acceptors (Lipinski definition) is 5. The van der Waals surface area contributed by atoms with Crippen molar-refractivity contribution in [3.63, 3.8) is 0 Å². The summed E-state index contributed by atoms with van der Waals surface area (Å²) in [7, 11) is 0. The van der Waals surface area contributed by atoms with Crippen molar-refractivity contribution < 1.29 is 18.7 Å². The van der Waals surface area contributed by atoms with Crippen molar-refractivity contribution >= 4 is 5.91 Å². The Morgan fingerprint density at radius 3 is 2.67 bits per heavy atom. The molecule has 3 rings (SSSR count). The van der Waals surface area contributed by atoms with Crippen molar-refractivity contribution in [1.29, 1.82) is 0 Å². The van der Waals surface area contributed by atoms with Crippen molar-refractivity contribution in [2.24, 2.45) is 0 Å². The molecule has 0 bridgehead atoms. The summed E-state index contributed by atoms with van der Waals surface area (Å²) in [5.41, 5.74) is 0.874. The van der Waals surface area contributed by atoms with Crippen molar-refractivity contribution in [3.8, 4) is 11.5 Å². The van der Waals surface area contributed by atoms with Crippen molar-refractivity contribution in [3.05, 3.63) is 41.6 Å². The summed E-state index contributed by atoms with van der Waals surface area (Å²) in [6, 6.07) is 7.23. The van der Waals surface area contributed by atoms with E-state index in [9.17, 15) is 4.79 Å². The highest BCUT2D eigenvalue weighted by molar-refractivity contribution is 5.81. The first-order chi connectivity index (χ1) is 11.6. The van der Waals surface area contributed by atoms with Crippen LogP contribution >= 0.6 is 0 Å². The van der Waals surface area contributed by atoms with Crippen LogP contribution in [-0.4, -0.2) is 23.5 Å². The summed E-state index contributed by atoms with van der Waals surface area (Å²) in [4.78, 5) is 16.2. The second kappa shape index (κ2) is 7.38. The highest BCUT2D eigenvalue weighted by Crippen LogP contribution is 2.21. The number of rotatable bonds is 5. The lowest BCUT2D eigenvalue weighted by molar-refractivity contribution is -0.127. The van der Waals surface area contributed by atoms with E-state index in [0.717, 1.165) is 37.3 Å². The lowest BCUT2D eigenvalue weighted by atomic mass is 10.2. The third-order valence-corrected chi connectivity index (χ3v) is 4.02. The largest absolute Gasteiger partial charge is 0.484 e. The highest BCUT2D eigenvalue weighted by Gasteiger charge is 2.22. The molecule has 1 aromatic heterocycles. The van der Waals surface area contributed by atoms with Gasteiger partial charge in [0.05, 0.1) is 5.69 Å². The monoisotopic (exact) mass is 330 g/mol. The van der Waals surface area contributed by atoms with Crippen LogP contribution in [0, 0.1) is 13.8 Å². The van der Waals surface area contributed by atoms with Gasteiger partial charge in [-0.05, 0) is 57.4 Å². The second-order valence-corrected chi connectivity index (χ2v) is 5.90. The fourth-order valence-electron chi connectivity index (χ4n) is 2.55. The molecule has 2 aromatic rings. The van der Waals surface area contributed by atoms with Crippen LogP contribution in [0.1, 0.15) is 36.6 Å². The van der Waals surface area contributed by atoms with Crippen molar-refractivity contribution in [2.45, 2.75) is 45.8 Å². The summed E-state index contributed by atoms with van der Waals surface area (Å²) in [6.07, 6.45) is 2.31. The summed E-state index contributed by atoms with van der Waals surface area (Å²) in [5, 5.41) is 2.87. The van der Waals surface area contributed by atoms with Gasteiger partial charge in [0.15, 0.2) is 12.7 Å². The van der Waals surface area contributed by atoms with Gasteiger partial charge in [-0.3, -0.25) is 4.79 Å². The van der Waals surface area contributed by atoms with E-state index in [1.165, 1.54) is 0 Å². The van der Waals surface area contributed by atoms with Crippen LogP contribution in [-0.2, 0) is 11.4 Å². The summed E-state index contributed by atoms with van der Waals surface area (Å²) >= 11 is 0. The molecule has 1 fully saturated rings. The first-order valence-electron chi connectivity index (χ1n) is 8.22. The number of benzene rings is 1. The zero-order chi connectivity index (χ0) is 16.9. The van der Waals surface area contributed by atoms with Gasteiger partial charge in [-0.25, -0.2) is 4.98 Å². The van der Waals surface area contributed by atoms with Crippen LogP contribution in [0.5, 0.6) is 11.5 Å². The minimum atomic E-state index is -0.419. The number of carbonyl (C=O) groups is 1. The molecule has 128 valence electrons. The predicted molar refractivity (Wildman–Crippen MR) is 88.0 cm³/mol. The molecular weight excluding hydrogens is 308 g/mol. The lowest BCUT2D eigenvalue weighted by Crippen LogP contribution is -2.36. The number of carbonyl (C=O) groups excluding carboxylic acids is 1. The predicted octanol–water partition coefficient (Wildman–Crippen LogP) is 2.92. The molecule has 24 heavy (non-hydrogen) atoms. The lowest BCUT2D eigenvalue weighted by Gasteiger charge is -2.16. The zero-order valence-corrected chi connectivity index (χ0v) is 14.0. The molecule has 6 nitrogen and oxygen atoms in total. The normalized spacial score (nSPS) is 17.9. The van der Waals surface area contributed by atoms with E-state index < -0.39 is 6.10 Å². The van der Waals surface area contributed by atoms with Crippen LogP contribution < -0.4 is 14.8 Å². The molecule has 0 aliphatic carbocycles. The summed E-state index contributed by atoms with van der Waals surface area (Å²) < 4.78 is 16.9. The van der Waals surface area contributed by atoms with E-state index in [4.69, 9.17) is 13.9 Å². The van der Waals surface area contributed by atoms with Crippen LogP contribution in [0.4, 0.5) is 0 Å². The van der Waals surface area contributed by atoms with E-state index in [2.05, 4.69) is 10.3 Å². The molecule has 0 unspecified atom stereocenters. The van der Waals surface area contributed by atoms with Crippen LogP contribution in [0.25, 0.3) is 0 Å². The standard InChI is InChI=1S/C18H22N2O4/c1-12-13(2)23-17(20-12)11-22-14-6-8-15(9-7-14)24-16-5-3-4-10-19-18(16)21/h6-9,16H,3-5,10-11H2,1-2H3,(H,19,21)/t16-/m0/s1. The van der Waals surface area contributed by atoms with Crippen LogP contribution in [0.15, 0.2) is 28.7 Å². The van der Waals surface area contributed by atoms with Gasteiger partial charge in [0.1, 0.15) is 17.3 Å². The van der Waals surface area contributed by atoms with E-state index in [0.29, 0.717) is 17.4 Å². The van der Waals surface area contributed by atoms with Crippen LogP contribution in [0.3, 0.4) is 0 Å². The Labute approximate surface area is 141 Å². The maximum absolute atomic E-state index is 11.9. The van der Waals surface area contributed by atoms with Gasteiger partial charge in [0.25, 0.3) is 5.91 Å². The molecular formula is C18H22N2O4. The molecule has 1 saturated heterocycles. The number of nitrogens with one attached hydrogen (secondary N) is 1. The zero-order valence-electron chi connectivity index (χ0n) is 14.0. The smallest absolute Gasteiger partial charge is 0.261 e. The fraction of sp³-hybridized carbons (Fsp3) is 0.444. The topological polar surface area (TPSA) is 73.6 Å². The van der Waals surface area contributed by atoms with Gasteiger partial charge in [-0.1, -0.05) is 0 Å². The second-order valence-electron chi connectivity index (χ2n) is 5.90. The summed E-state index contributed by atoms with van der Waals surface area (Å²) in [5.74, 6) is 2.68. The molecule has 0 radical (unpaired) electrons. The number of oxazole rings is 1. The van der Waals surface area contributed by atoms with Gasteiger partial charge >= 0.3 is 0 Å². The number of nitrogens with zero attached hydrogens (tertiary/aromatic N) is 1. The number of aryl methyl sites for hydroxylation is 2. The molecule has 0 spiro atoms. The number of ether oxygens (including phenoxy) is 2. The molecule has 1 atom stereocenters. The van der Waals surface area contributed by atoms with Gasteiger partial charge in [-0.15, -0.1) is 0 Å². The molecule has 1 N–H and O–H groups in total. The molecule has 1 aromatic carbocycles. The van der Waals surface area contributed by atoms with E-state index in [1.807, 2.05) is 26.0 Å². The Balaban J connectivity index is 1.55. The third-order valence-electron chi connectivity index (χ3n) is 4.02. The SMILES string of the molecule is Cc1nc(COc2ccc(O[C@H]3CCCCNC3=O)cc2)oc1C. The average Bonchev–Trinajstić information content (AvgIpc) is 2.76. The van der Waals surface area contributed by atoms with E-state index in [-0.39, 0.29) is 12.5 Å². The minimum Gasteiger partial charge on any atom is -0.484 e. The van der Waals surface area contributed by atoms with Gasteiger partial charge in [0.2, 0.25) is 5.89 Å². The fourth-order valence-corrected chi connectivity index (χ4v) is 2.55. The van der Waals surface area contributed by atoms with Crippen LogP contribution in [0.2, 0.25) is 0 Å². The first-order valence-corrected chi connectivity index (χ1v) is 8.22. The number of amides is 1. The Morgan fingerprint density at radius 1 is 1.21 bits per heavy atom. The molecule has 1 aliphatic rings. The maximum Gasteiger partial charge on any atom is 0.261 e. The maximum atomic E-state index is 11.9.